The van der Waals surface area contributed by atoms with Crippen molar-refractivity contribution < 1.29 is 27.3 Å². The SMILES string of the molecule is Cc1c(C(F)(F)F)nc2c(c1NC(=O)N=[S-](=O)c1cnc(C(C)(C)O)s1)CCC2. The zero-order valence-corrected chi connectivity index (χ0v) is 17.4. The Bertz CT molecular complexity index is 1050. The highest BCUT2D eigenvalue weighted by Gasteiger charge is 2.37. The summed E-state index contributed by atoms with van der Waals surface area (Å²) in [5.74, 6) is 0. The van der Waals surface area contributed by atoms with Crippen molar-refractivity contribution >= 4 is 33.7 Å². The number of carbonyl (C=O) groups is 1. The van der Waals surface area contributed by atoms with E-state index in [9.17, 15) is 27.3 Å². The first kappa shape index (κ1) is 21.7. The second kappa shape index (κ2) is 7.65. The molecule has 2 aromatic rings. The van der Waals surface area contributed by atoms with Crippen LogP contribution in [0.25, 0.3) is 0 Å². The Morgan fingerprint density at radius 3 is 2.62 bits per heavy atom. The smallest absolute Gasteiger partial charge is 0.433 e. The summed E-state index contributed by atoms with van der Waals surface area (Å²) in [6, 6.07) is -1.03. The maximum absolute atomic E-state index is 13.3. The average molecular weight is 447 g/mol. The summed E-state index contributed by atoms with van der Waals surface area (Å²) in [7, 11) is -2.11. The molecule has 158 valence electrons. The molecular formula is C17H18F3N4O3S2-. The normalized spacial score (nSPS) is 15.4. The van der Waals surface area contributed by atoms with Gasteiger partial charge >= 0.3 is 12.2 Å². The van der Waals surface area contributed by atoms with Gasteiger partial charge in [-0.2, -0.15) is 13.2 Å². The van der Waals surface area contributed by atoms with E-state index in [1.807, 2.05) is 0 Å². The maximum Gasteiger partial charge on any atom is 0.433 e. The van der Waals surface area contributed by atoms with Crippen LogP contribution in [0.5, 0.6) is 0 Å². The molecule has 2 amide bonds. The van der Waals surface area contributed by atoms with Gasteiger partial charge in [0.2, 0.25) is 0 Å². The monoisotopic (exact) mass is 447 g/mol. The van der Waals surface area contributed by atoms with E-state index in [-0.39, 0.29) is 15.5 Å². The Balaban J connectivity index is 1.91. The highest BCUT2D eigenvalue weighted by Crippen LogP contribution is 2.38. The molecule has 2 N–H and O–H groups in total. The molecule has 0 radical (unpaired) electrons. The number of amides is 2. The highest BCUT2D eigenvalue weighted by atomic mass is 32.2. The van der Waals surface area contributed by atoms with Gasteiger partial charge in [-0.25, -0.2) is 14.8 Å². The topological polar surface area (TPSA) is 105 Å². The van der Waals surface area contributed by atoms with Gasteiger partial charge in [-0.05, 0) is 49.8 Å². The van der Waals surface area contributed by atoms with Crippen molar-refractivity contribution in [2.45, 2.75) is 56.0 Å². The number of rotatable bonds is 3. The maximum atomic E-state index is 13.3. The molecule has 2 heterocycles. The van der Waals surface area contributed by atoms with E-state index in [4.69, 9.17) is 0 Å². The number of hydrogen-bond donors (Lipinski definition) is 2. The molecule has 1 aliphatic carbocycles. The van der Waals surface area contributed by atoms with Crippen LogP contribution in [0.4, 0.5) is 23.7 Å². The van der Waals surface area contributed by atoms with Gasteiger partial charge in [-0.1, -0.05) is 0 Å². The summed E-state index contributed by atoms with van der Waals surface area (Å²) >= 11 is 0.932. The van der Waals surface area contributed by atoms with Crippen LogP contribution >= 0.6 is 11.3 Å². The van der Waals surface area contributed by atoms with Gasteiger partial charge in [0.15, 0.2) is 0 Å². The van der Waals surface area contributed by atoms with Crippen molar-refractivity contribution in [3.05, 3.63) is 33.7 Å². The number of fused-ring (bicyclic) bond motifs is 1. The number of alkyl halides is 3. The Hall–Kier alpha value is -2.05. The number of thiazole rings is 1. The lowest BCUT2D eigenvalue weighted by molar-refractivity contribution is -0.141. The summed E-state index contributed by atoms with van der Waals surface area (Å²) in [5, 5.41) is 12.6. The van der Waals surface area contributed by atoms with Crippen LogP contribution in [-0.4, -0.2) is 21.1 Å². The summed E-state index contributed by atoms with van der Waals surface area (Å²) in [5.41, 5.74) is -1.62. The van der Waals surface area contributed by atoms with Gasteiger partial charge in [0.25, 0.3) is 0 Å². The molecule has 0 atom stereocenters. The molecule has 0 fully saturated rings. The van der Waals surface area contributed by atoms with Crippen LogP contribution in [0, 0.1) is 6.92 Å². The number of carbonyl (C=O) groups excluding carboxylic acids is 1. The standard InChI is InChI=1S/C17H18F3N4O3S2/c1-8-12(9-5-4-6-10(9)22-13(8)17(18,19)20)23-15(25)24-29(27)11-7-21-14(28-11)16(2,3)26/h7,26H,4-6H2,1-3H3,(H,22,23,25)/q-1. The summed E-state index contributed by atoms with van der Waals surface area (Å²) in [6.07, 6.45) is -1.90. The van der Waals surface area contributed by atoms with E-state index in [1.165, 1.54) is 27.0 Å². The molecule has 2 aromatic heterocycles. The molecule has 12 heteroatoms. The number of halogens is 3. The first-order valence-electron chi connectivity index (χ1n) is 8.60. The minimum absolute atomic E-state index is 0.0204. The molecule has 1 aliphatic rings. The fourth-order valence-electron chi connectivity index (χ4n) is 3.00. The quantitative estimate of drug-likeness (QED) is 0.682. The van der Waals surface area contributed by atoms with Gasteiger partial charge in [0.05, 0.1) is 5.69 Å². The summed E-state index contributed by atoms with van der Waals surface area (Å²) < 4.78 is 55.8. The first-order valence-corrected chi connectivity index (χ1v) is 10.5. The zero-order valence-electron chi connectivity index (χ0n) is 15.8. The van der Waals surface area contributed by atoms with Crippen LogP contribution in [-0.2, 0) is 39.4 Å². The number of urea groups is 1. The minimum Gasteiger partial charge on any atom is -0.439 e. The van der Waals surface area contributed by atoms with Crippen molar-refractivity contribution in [3.8, 4) is 0 Å². The van der Waals surface area contributed by atoms with Gasteiger partial charge in [-0.3, -0.25) is 0 Å². The number of nitrogens with one attached hydrogen (secondary N) is 1. The number of nitrogens with zero attached hydrogens (tertiary/aromatic N) is 3. The van der Waals surface area contributed by atoms with Crippen LogP contribution in [0.3, 0.4) is 0 Å². The van der Waals surface area contributed by atoms with Crippen molar-refractivity contribution in [2.24, 2.45) is 4.36 Å². The number of anilines is 1. The number of hydrogen-bond acceptors (Lipinski definition) is 7. The predicted octanol–water partition coefficient (Wildman–Crippen LogP) is 4.32. The van der Waals surface area contributed by atoms with Gasteiger partial charge < -0.3 is 19.0 Å². The van der Waals surface area contributed by atoms with Crippen LogP contribution in [0.2, 0.25) is 0 Å². The third kappa shape index (κ3) is 4.59. The number of aromatic nitrogens is 2. The largest absolute Gasteiger partial charge is 0.439 e. The van der Waals surface area contributed by atoms with Crippen LogP contribution in [0.15, 0.2) is 14.8 Å². The van der Waals surface area contributed by atoms with E-state index < -0.39 is 34.1 Å². The third-order valence-electron chi connectivity index (χ3n) is 4.31. The third-order valence-corrected chi connectivity index (χ3v) is 6.88. The lowest BCUT2D eigenvalue weighted by atomic mass is 10.1. The fraction of sp³-hybridized carbons (Fsp3) is 0.471. The average Bonchev–Trinajstić information content (AvgIpc) is 3.24. The van der Waals surface area contributed by atoms with E-state index in [0.717, 1.165) is 11.3 Å². The Labute approximate surface area is 170 Å². The lowest BCUT2D eigenvalue weighted by Gasteiger charge is -2.17. The molecule has 0 aromatic carbocycles. The van der Waals surface area contributed by atoms with Gasteiger partial charge in [0.1, 0.15) is 16.3 Å². The van der Waals surface area contributed by atoms with E-state index >= 15 is 0 Å². The molecule has 0 bridgehead atoms. The van der Waals surface area contributed by atoms with Crippen molar-refractivity contribution in [1.82, 2.24) is 9.97 Å². The molecule has 7 nitrogen and oxygen atoms in total. The van der Waals surface area contributed by atoms with E-state index in [0.29, 0.717) is 35.5 Å². The lowest BCUT2D eigenvalue weighted by Crippen LogP contribution is -2.17. The van der Waals surface area contributed by atoms with E-state index in [1.54, 1.807) is 0 Å². The molecule has 0 saturated carbocycles. The zero-order chi connectivity index (χ0) is 21.6. The van der Waals surface area contributed by atoms with Crippen LogP contribution in [0.1, 0.15) is 47.8 Å². The molecule has 0 aliphatic heterocycles. The van der Waals surface area contributed by atoms with Crippen molar-refractivity contribution in [2.75, 3.05) is 5.32 Å². The second-order valence-corrected chi connectivity index (χ2v) is 9.46. The van der Waals surface area contributed by atoms with Crippen molar-refractivity contribution in [3.63, 3.8) is 0 Å². The molecular weight excluding hydrogens is 429 g/mol. The molecule has 0 unspecified atom stereocenters. The molecule has 3 rings (SSSR count). The summed E-state index contributed by atoms with van der Waals surface area (Å²) in [4.78, 5) is 20.0. The second-order valence-electron chi connectivity index (χ2n) is 7.05. The minimum atomic E-state index is -4.66. The highest BCUT2D eigenvalue weighted by molar-refractivity contribution is 7.78. The van der Waals surface area contributed by atoms with Gasteiger partial charge in [-0.15, -0.1) is 21.9 Å². The van der Waals surface area contributed by atoms with E-state index in [2.05, 4.69) is 19.6 Å². The predicted molar refractivity (Wildman–Crippen MR) is 101 cm³/mol. The summed E-state index contributed by atoms with van der Waals surface area (Å²) in [6.45, 7) is 4.25. The van der Waals surface area contributed by atoms with Crippen LogP contribution < -0.4 is 5.32 Å². The number of aryl methyl sites for hydroxylation is 1. The Morgan fingerprint density at radius 2 is 2.03 bits per heavy atom. The first-order chi connectivity index (χ1) is 13.4. The molecule has 0 spiro atoms. The Kier molecular flexibility index (Phi) is 5.71. The number of aliphatic hydroxyl groups is 1. The fourth-order valence-corrected chi connectivity index (χ4v) is 4.72. The molecule has 0 saturated heterocycles. The van der Waals surface area contributed by atoms with Crippen molar-refractivity contribution in [1.29, 1.82) is 0 Å². The Morgan fingerprint density at radius 1 is 1.34 bits per heavy atom. The number of pyridine rings is 1. The van der Waals surface area contributed by atoms with Gasteiger partial charge in [0, 0.05) is 17.5 Å². The molecule has 29 heavy (non-hydrogen) atoms.